The fourth-order valence-corrected chi connectivity index (χ4v) is 1.86. The molecule has 86 valence electrons. The van der Waals surface area contributed by atoms with Gasteiger partial charge in [0, 0.05) is 5.37 Å². The second-order valence-electron chi connectivity index (χ2n) is 3.73. The smallest absolute Gasteiger partial charge is 0.338 e. The maximum Gasteiger partial charge on any atom is 0.338 e. The Kier molecular flexibility index (Phi) is 4.19. The molecule has 0 aliphatic heterocycles. The van der Waals surface area contributed by atoms with E-state index in [4.69, 9.17) is 17.0 Å². The summed E-state index contributed by atoms with van der Waals surface area (Å²) in [5, 5.41) is 1.60. The van der Waals surface area contributed by atoms with Crippen molar-refractivity contribution in [3.05, 3.63) is 33.9 Å². The van der Waals surface area contributed by atoms with Gasteiger partial charge in [-0.1, -0.05) is 12.2 Å². The third-order valence-electron chi connectivity index (χ3n) is 2.88. The second-order valence-corrected chi connectivity index (χ2v) is 3.96. The summed E-state index contributed by atoms with van der Waals surface area (Å²) in [6, 6.07) is 1.81. The summed E-state index contributed by atoms with van der Waals surface area (Å²) < 4.78 is 5.02. The molecule has 16 heavy (non-hydrogen) atoms. The lowest BCUT2D eigenvalue weighted by Gasteiger charge is -2.13. The van der Waals surface area contributed by atoms with Gasteiger partial charge in [-0.15, -0.1) is 0 Å². The van der Waals surface area contributed by atoms with Crippen LogP contribution in [-0.2, 0) is 4.74 Å². The fourth-order valence-electron chi connectivity index (χ4n) is 1.62. The third-order valence-corrected chi connectivity index (χ3v) is 3.14. The van der Waals surface area contributed by atoms with Crippen molar-refractivity contribution in [1.82, 2.24) is 0 Å². The van der Waals surface area contributed by atoms with E-state index in [1.165, 1.54) is 0 Å². The van der Waals surface area contributed by atoms with Gasteiger partial charge in [-0.3, -0.25) is 0 Å². The highest BCUT2D eigenvalue weighted by molar-refractivity contribution is 7.79. The van der Waals surface area contributed by atoms with Crippen LogP contribution in [0.25, 0.3) is 0 Å². The van der Waals surface area contributed by atoms with Crippen LogP contribution in [0.5, 0.6) is 0 Å². The molecule has 0 saturated heterocycles. The molecule has 1 aromatic rings. The molecule has 0 heterocycles. The van der Waals surface area contributed by atoms with Crippen molar-refractivity contribution in [3.8, 4) is 0 Å². The first kappa shape index (κ1) is 12.8. The minimum Gasteiger partial charge on any atom is -0.462 e. The van der Waals surface area contributed by atoms with E-state index in [1.54, 1.807) is 12.3 Å². The molecule has 3 heteroatoms. The predicted molar refractivity (Wildman–Crippen MR) is 69.4 cm³/mol. The van der Waals surface area contributed by atoms with Crippen molar-refractivity contribution in [2.24, 2.45) is 0 Å². The number of hydrogen-bond donors (Lipinski definition) is 0. The lowest BCUT2D eigenvalue weighted by atomic mass is 9.95. The molecule has 2 nitrogen and oxygen atoms in total. The Labute approximate surface area is 102 Å². The molecule has 0 unspecified atom stereocenters. The first-order chi connectivity index (χ1) is 7.52. The van der Waals surface area contributed by atoms with Crippen LogP contribution < -0.4 is 0 Å². The standard InChI is InChI=1S/C13H16O2S/c1-5-15-13(14)12-6-11(7-16)9(3)8(2)10(12)4/h6-7H,5H2,1-4H3. The van der Waals surface area contributed by atoms with E-state index in [2.05, 4.69) is 0 Å². The van der Waals surface area contributed by atoms with Crippen molar-refractivity contribution in [3.63, 3.8) is 0 Å². The molecular weight excluding hydrogens is 220 g/mol. The summed E-state index contributed by atoms with van der Waals surface area (Å²) in [5.74, 6) is -0.277. The normalized spacial score (nSPS) is 10.0. The van der Waals surface area contributed by atoms with Crippen LogP contribution in [-0.4, -0.2) is 17.9 Å². The van der Waals surface area contributed by atoms with E-state index in [1.807, 2.05) is 26.8 Å². The van der Waals surface area contributed by atoms with E-state index >= 15 is 0 Å². The van der Waals surface area contributed by atoms with Gasteiger partial charge < -0.3 is 4.74 Å². The van der Waals surface area contributed by atoms with E-state index in [0.29, 0.717) is 12.2 Å². The summed E-state index contributed by atoms with van der Waals surface area (Å²) in [7, 11) is 0. The molecule has 0 bridgehead atoms. The van der Waals surface area contributed by atoms with Gasteiger partial charge in [0.1, 0.15) is 0 Å². The maximum absolute atomic E-state index is 11.7. The zero-order valence-electron chi connectivity index (χ0n) is 10.1. The molecule has 0 aliphatic rings. The number of esters is 1. The molecule has 0 aliphatic carbocycles. The number of thiocarbonyl (C=S) groups is 1. The SMILES string of the molecule is CCOC(=O)c1cc(C=S)c(C)c(C)c1C. The molecule has 0 aromatic heterocycles. The summed E-state index contributed by atoms with van der Waals surface area (Å²) in [6.45, 7) is 8.12. The average molecular weight is 236 g/mol. The van der Waals surface area contributed by atoms with Gasteiger partial charge in [0.15, 0.2) is 0 Å². The molecule has 0 saturated carbocycles. The Morgan fingerprint density at radius 2 is 1.94 bits per heavy atom. The van der Waals surface area contributed by atoms with Gasteiger partial charge in [-0.25, -0.2) is 4.79 Å². The van der Waals surface area contributed by atoms with Gasteiger partial charge >= 0.3 is 5.97 Å². The highest BCUT2D eigenvalue weighted by Crippen LogP contribution is 2.21. The zero-order chi connectivity index (χ0) is 12.3. The molecule has 0 N–H and O–H groups in total. The Morgan fingerprint density at radius 3 is 2.44 bits per heavy atom. The van der Waals surface area contributed by atoms with Crippen LogP contribution in [0.1, 0.15) is 39.5 Å². The van der Waals surface area contributed by atoms with Gasteiger partial charge in [0.2, 0.25) is 0 Å². The van der Waals surface area contributed by atoms with Crippen LogP contribution >= 0.6 is 12.2 Å². The van der Waals surface area contributed by atoms with Gasteiger partial charge in [0.05, 0.1) is 12.2 Å². The topological polar surface area (TPSA) is 26.3 Å². The maximum atomic E-state index is 11.7. The van der Waals surface area contributed by atoms with Crippen LogP contribution in [0.15, 0.2) is 6.07 Å². The van der Waals surface area contributed by atoms with Gasteiger partial charge in [0.25, 0.3) is 0 Å². The molecule has 0 radical (unpaired) electrons. The highest BCUT2D eigenvalue weighted by Gasteiger charge is 2.14. The van der Waals surface area contributed by atoms with Crippen molar-refractivity contribution < 1.29 is 9.53 Å². The molecule has 1 aromatic carbocycles. The van der Waals surface area contributed by atoms with Crippen molar-refractivity contribution in [2.45, 2.75) is 27.7 Å². The summed E-state index contributed by atoms with van der Waals surface area (Å²) in [6.07, 6.45) is 0. The average Bonchev–Trinajstić information content (AvgIpc) is 2.27. The van der Waals surface area contributed by atoms with Crippen LogP contribution in [0, 0.1) is 20.8 Å². The quantitative estimate of drug-likeness (QED) is 0.596. The molecule has 0 atom stereocenters. The van der Waals surface area contributed by atoms with Crippen LogP contribution in [0.2, 0.25) is 0 Å². The first-order valence-corrected chi connectivity index (χ1v) is 5.73. The summed E-state index contributed by atoms with van der Waals surface area (Å²) >= 11 is 4.94. The van der Waals surface area contributed by atoms with E-state index in [9.17, 15) is 4.79 Å². The number of rotatable bonds is 3. The number of benzene rings is 1. The van der Waals surface area contributed by atoms with E-state index in [-0.39, 0.29) is 5.97 Å². The third kappa shape index (κ3) is 2.30. The number of carbonyl (C=O) groups is 1. The largest absolute Gasteiger partial charge is 0.462 e. The first-order valence-electron chi connectivity index (χ1n) is 5.26. The fraction of sp³-hybridized carbons (Fsp3) is 0.385. The number of hydrogen-bond acceptors (Lipinski definition) is 3. The van der Waals surface area contributed by atoms with Crippen LogP contribution in [0.4, 0.5) is 0 Å². The van der Waals surface area contributed by atoms with Crippen molar-refractivity contribution in [1.29, 1.82) is 0 Å². The van der Waals surface area contributed by atoms with Crippen molar-refractivity contribution in [2.75, 3.05) is 6.61 Å². The summed E-state index contributed by atoms with van der Waals surface area (Å²) in [5.41, 5.74) is 4.72. The second kappa shape index (κ2) is 5.21. The van der Waals surface area contributed by atoms with E-state index in [0.717, 1.165) is 22.3 Å². The summed E-state index contributed by atoms with van der Waals surface area (Å²) in [4.78, 5) is 11.7. The molecule has 0 spiro atoms. The molecule has 0 amide bonds. The Morgan fingerprint density at radius 1 is 1.31 bits per heavy atom. The Hall–Kier alpha value is -1.22. The number of carbonyl (C=O) groups excluding carboxylic acids is 1. The van der Waals surface area contributed by atoms with Crippen LogP contribution in [0.3, 0.4) is 0 Å². The van der Waals surface area contributed by atoms with E-state index < -0.39 is 0 Å². The minimum absolute atomic E-state index is 0.277. The Balaban J connectivity index is 3.35. The molecule has 0 fully saturated rings. The van der Waals surface area contributed by atoms with Gasteiger partial charge in [-0.2, -0.15) is 0 Å². The van der Waals surface area contributed by atoms with Crippen molar-refractivity contribution >= 4 is 23.6 Å². The lowest BCUT2D eigenvalue weighted by molar-refractivity contribution is 0.0525. The lowest BCUT2D eigenvalue weighted by Crippen LogP contribution is -2.09. The monoisotopic (exact) mass is 236 g/mol. The molecule has 1 rings (SSSR count). The minimum atomic E-state index is -0.277. The van der Waals surface area contributed by atoms with Gasteiger partial charge in [-0.05, 0) is 56.0 Å². The Bertz CT molecular complexity index is 436. The predicted octanol–water partition coefficient (Wildman–Crippen LogP) is 3.14. The molecular formula is C13H16O2S. The number of ether oxygens (including phenoxy) is 1. The highest BCUT2D eigenvalue weighted by atomic mass is 32.1. The zero-order valence-corrected chi connectivity index (χ0v) is 10.9.